The predicted molar refractivity (Wildman–Crippen MR) is 176 cm³/mol. The minimum Gasteiger partial charge on any atom is -0.497 e. The van der Waals surface area contributed by atoms with Gasteiger partial charge in [0.15, 0.2) is 11.0 Å². The molecule has 0 atom stereocenters. The lowest BCUT2D eigenvalue weighted by Gasteiger charge is -2.19. The number of thioether (sulfide) groups is 1. The van der Waals surface area contributed by atoms with E-state index in [1.807, 2.05) is 83.4 Å². The Bertz CT molecular complexity index is 1690. The average molecular weight is 606 g/mol. The van der Waals surface area contributed by atoms with Crippen LogP contribution in [-0.4, -0.2) is 39.7 Å². The summed E-state index contributed by atoms with van der Waals surface area (Å²) in [6.45, 7) is 7.05. The SMILES string of the molecule is COc1ccc(-n2c(SCC(=O)N/N=C\c3ccc(OCc4ccccc4)cc3)nnc2-c2ccc(C(C)(C)C)cc2)cc1. The third kappa shape index (κ3) is 7.93. The maximum Gasteiger partial charge on any atom is 0.250 e. The Balaban J connectivity index is 1.23. The molecule has 0 radical (unpaired) electrons. The van der Waals surface area contributed by atoms with Gasteiger partial charge >= 0.3 is 0 Å². The van der Waals surface area contributed by atoms with Gasteiger partial charge in [0.2, 0.25) is 0 Å². The van der Waals surface area contributed by atoms with Gasteiger partial charge in [0.05, 0.1) is 19.1 Å². The molecule has 5 rings (SSSR count). The highest BCUT2D eigenvalue weighted by molar-refractivity contribution is 7.99. The van der Waals surface area contributed by atoms with Crippen LogP contribution in [0.1, 0.15) is 37.5 Å². The first-order chi connectivity index (χ1) is 21.3. The number of aromatic nitrogens is 3. The van der Waals surface area contributed by atoms with Crippen molar-refractivity contribution in [1.82, 2.24) is 20.2 Å². The number of methoxy groups -OCH3 is 1. The Morgan fingerprint density at radius 1 is 0.886 bits per heavy atom. The molecule has 1 heterocycles. The van der Waals surface area contributed by atoms with Gasteiger partial charge in [-0.1, -0.05) is 87.1 Å². The summed E-state index contributed by atoms with van der Waals surface area (Å²) in [5.74, 6) is 2.05. The fraction of sp³-hybridized carbons (Fsp3) is 0.200. The summed E-state index contributed by atoms with van der Waals surface area (Å²) in [6.07, 6.45) is 1.60. The molecule has 0 unspecified atom stereocenters. The van der Waals surface area contributed by atoms with Crippen molar-refractivity contribution in [2.45, 2.75) is 37.9 Å². The lowest BCUT2D eigenvalue weighted by atomic mass is 9.87. The van der Waals surface area contributed by atoms with Crippen molar-refractivity contribution in [3.8, 4) is 28.6 Å². The number of hydrazone groups is 1. The van der Waals surface area contributed by atoms with Gasteiger partial charge in [0.1, 0.15) is 18.1 Å². The number of hydrogen-bond donors (Lipinski definition) is 1. The first-order valence-corrected chi connectivity index (χ1v) is 15.2. The number of benzene rings is 4. The molecule has 0 spiro atoms. The zero-order valence-corrected chi connectivity index (χ0v) is 26.0. The van der Waals surface area contributed by atoms with Gasteiger partial charge in [-0.15, -0.1) is 10.2 Å². The number of nitrogens with zero attached hydrogens (tertiary/aromatic N) is 4. The van der Waals surface area contributed by atoms with E-state index in [2.05, 4.69) is 65.8 Å². The Labute approximate surface area is 262 Å². The van der Waals surface area contributed by atoms with Crippen molar-refractivity contribution in [2.24, 2.45) is 5.10 Å². The van der Waals surface area contributed by atoms with E-state index < -0.39 is 0 Å². The van der Waals surface area contributed by atoms with Gasteiger partial charge in [-0.2, -0.15) is 5.10 Å². The van der Waals surface area contributed by atoms with E-state index in [-0.39, 0.29) is 17.1 Å². The van der Waals surface area contributed by atoms with Crippen LogP contribution >= 0.6 is 11.8 Å². The zero-order valence-electron chi connectivity index (χ0n) is 25.2. The molecule has 0 saturated carbocycles. The summed E-state index contributed by atoms with van der Waals surface area (Å²) in [5, 5.41) is 13.7. The van der Waals surface area contributed by atoms with Crippen LogP contribution in [0.5, 0.6) is 11.5 Å². The number of carbonyl (C=O) groups is 1. The second-order valence-corrected chi connectivity index (χ2v) is 12.0. The molecule has 8 nitrogen and oxygen atoms in total. The molecule has 0 aliphatic carbocycles. The van der Waals surface area contributed by atoms with Crippen molar-refractivity contribution in [3.05, 3.63) is 120 Å². The van der Waals surface area contributed by atoms with Crippen molar-refractivity contribution in [2.75, 3.05) is 12.9 Å². The van der Waals surface area contributed by atoms with Crippen molar-refractivity contribution >= 4 is 23.9 Å². The van der Waals surface area contributed by atoms with Crippen molar-refractivity contribution in [1.29, 1.82) is 0 Å². The summed E-state index contributed by atoms with van der Waals surface area (Å²) in [6, 6.07) is 33.5. The fourth-order valence-electron chi connectivity index (χ4n) is 4.37. The Morgan fingerprint density at radius 2 is 1.57 bits per heavy atom. The molecule has 224 valence electrons. The van der Waals surface area contributed by atoms with Crippen LogP contribution in [0.3, 0.4) is 0 Å². The normalized spacial score (nSPS) is 11.5. The lowest BCUT2D eigenvalue weighted by Crippen LogP contribution is -2.20. The lowest BCUT2D eigenvalue weighted by molar-refractivity contribution is -0.118. The molecule has 1 aromatic heterocycles. The maximum absolute atomic E-state index is 12.7. The van der Waals surface area contributed by atoms with Crippen molar-refractivity contribution < 1.29 is 14.3 Å². The van der Waals surface area contributed by atoms with E-state index in [0.717, 1.165) is 33.9 Å². The molecule has 0 bridgehead atoms. The smallest absolute Gasteiger partial charge is 0.250 e. The highest BCUT2D eigenvalue weighted by Gasteiger charge is 2.19. The highest BCUT2D eigenvalue weighted by atomic mass is 32.2. The second kappa shape index (κ2) is 14.1. The van der Waals surface area contributed by atoms with Gasteiger partial charge < -0.3 is 9.47 Å². The Morgan fingerprint density at radius 3 is 2.23 bits per heavy atom. The molecular formula is C35H35N5O3S. The first-order valence-electron chi connectivity index (χ1n) is 14.2. The largest absolute Gasteiger partial charge is 0.497 e. The number of ether oxygens (including phenoxy) is 2. The van der Waals surface area contributed by atoms with E-state index in [9.17, 15) is 4.79 Å². The number of carbonyl (C=O) groups excluding carboxylic acids is 1. The standard InChI is InChI=1S/C35H35N5O3S/c1-35(2,3)28-14-12-27(13-15-28)33-38-39-34(40(33)29-16-20-30(42-4)21-17-29)44-24-32(41)37-36-22-25-10-18-31(19-11-25)43-23-26-8-6-5-7-9-26/h5-22H,23-24H2,1-4H3,(H,37,41)/b36-22-. The topological polar surface area (TPSA) is 90.6 Å². The molecular weight excluding hydrogens is 570 g/mol. The van der Waals surface area contributed by atoms with Gasteiger partial charge in [-0.05, 0) is 70.6 Å². The van der Waals surface area contributed by atoms with Crippen LogP contribution in [0.4, 0.5) is 0 Å². The molecule has 5 aromatic rings. The fourth-order valence-corrected chi connectivity index (χ4v) is 5.11. The van der Waals surface area contributed by atoms with E-state index >= 15 is 0 Å². The van der Waals surface area contributed by atoms with Crippen molar-refractivity contribution in [3.63, 3.8) is 0 Å². The second-order valence-electron chi connectivity index (χ2n) is 11.1. The quantitative estimate of drug-likeness (QED) is 0.0985. The summed E-state index contributed by atoms with van der Waals surface area (Å²) in [4.78, 5) is 12.7. The first kappa shape index (κ1) is 30.6. The minimum absolute atomic E-state index is 0.0411. The molecule has 1 amide bonds. The number of hydrogen-bond acceptors (Lipinski definition) is 7. The summed E-state index contributed by atoms with van der Waals surface area (Å²) < 4.78 is 13.1. The molecule has 0 saturated heterocycles. The molecule has 0 fully saturated rings. The molecule has 44 heavy (non-hydrogen) atoms. The number of nitrogens with one attached hydrogen (secondary N) is 1. The third-order valence-electron chi connectivity index (χ3n) is 6.84. The van der Waals surface area contributed by atoms with Gasteiger partial charge in [0, 0.05) is 11.3 Å². The highest BCUT2D eigenvalue weighted by Crippen LogP contribution is 2.31. The van der Waals surface area contributed by atoms with Crippen LogP contribution in [0.2, 0.25) is 0 Å². The summed E-state index contributed by atoms with van der Waals surface area (Å²) in [7, 11) is 1.63. The summed E-state index contributed by atoms with van der Waals surface area (Å²) in [5.41, 5.74) is 7.61. The maximum atomic E-state index is 12.7. The Kier molecular flexibility index (Phi) is 9.76. The molecule has 9 heteroatoms. The van der Waals surface area contributed by atoms with Crippen LogP contribution in [0.25, 0.3) is 17.1 Å². The van der Waals surface area contributed by atoms with Crippen LogP contribution in [0, 0.1) is 0 Å². The molecule has 0 aliphatic rings. The van der Waals surface area contributed by atoms with Crippen LogP contribution < -0.4 is 14.9 Å². The Hall–Kier alpha value is -4.89. The van der Waals surface area contributed by atoms with Gasteiger partial charge in [-0.25, -0.2) is 5.43 Å². The van der Waals surface area contributed by atoms with Crippen LogP contribution in [0.15, 0.2) is 113 Å². The number of amides is 1. The molecule has 4 aromatic carbocycles. The monoisotopic (exact) mass is 605 g/mol. The van der Waals surface area contributed by atoms with Gasteiger partial charge in [-0.3, -0.25) is 9.36 Å². The van der Waals surface area contributed by atoms with Crippen LogP contribution in [-0.2, 0) is 16.8 Å². The predicted octanol–water partition coefficient (Wildman–Crippen LogP) is 7.06. The van der Waals surface area contributed by atoms with E-state index in [0.29, 0.717) is 17.6 Å². The van der Waals surface area contributed by atoms with E-state index in [1.165, 1.54) is 17.3 Å². The molecule has 1 N–H and O–H groups in total. The van der Waals surface area contributed by atoms with E-state index in [1.54, 1.807) is 13.3 Å². The average Bonchev–Trinajstić information content (AvgIpc) is 3.47. The molecule has 0 aliphatic heterocycles. The third-order valence-corrected chi connectivity index (χ3v) is 7.77. The number of rotatable bonds is 11. The van der Waals surface area contributed by atoms with Gasteiger partial charge in [0.25, 0.3) is 5.91 Å². The summed E-state index contributed by atoms with van der Waals surface area (Å²) >= 11 is 1.29. The minimum atomic E-state index is -0.255. The van der Waals surface area contributed by atoms with E-state index in [4.69, 9.17) is 9.47 Å². The zero-order chi connectivity index (χ0) is 30.9.